The van der Waals surface area contributed by atoms with Crippen LogP contribution in [-0.2, 0) is 13.0 Å². The van der Waals surface area contributed by atoms with Crippen molar-refractivity contribution < 1.29 is 9.90 Å². The fourth-order valence-corrected chi connectivity index (χ4v) is 3.05. The Morgan fingerprint density at radius 1 is 1.28 bits per heavy atom. The van der Waals surface area contributed by atoms with Gasteiger partial charge in [-0.25, -0.2) is 9.78 Å². The molecule has 2 heterocycles. The third kappa shape index (κ3) is 4.78. The van der Waals surface area contributed by atoms with Gasteiger partial charge in [0, 0.05) is 32.4 Å². The van der Waals surface area contributed by atoms with E-state index in [0.29, 0.717) is 12.4 Å². The number of aromatic nitrogens is 1. The number of urea groups is 1. The van der Waals surface area contributed by atoms with Crippen LogP contribution in [0.5, 0.6) is 0 Å². The molecule has 3 rings (SSSR count). The number of β-amino-alcohol motifs (C(OH)–C–C–N with tert-alkyl or cyclic N) is 1. The fraction of sp³-hybridized carbons (Fsp3) is 0.368. The Kier molecular flexibility index (Phi) is 5.63. The maximum Gasteiger partial charge on any atom is 0.320 e. The van der Waals surface area contributed by atoms with E-state index in [0.717, 1.165) is 25.1 Å². The second kappa shape index (κ2) is 8.09. The number of fused-ring (bicyclic) bond motifs is 1. The molecule has 1 aromatic carbocycles. The van der Waals surface area contributed by atoms with Crippen LogP contribution in [0.15, 0.2) is 42.6 Å². The third-order valence-electron chi connectivity index (χ3n) is 4.42. The van der Waals surface area contributed by atoms with Crippen LogP contribution in [0, 0.1) is 6.92 Å². The van der Waals surface area contributed by atoms with Gasteiger partial charge in [-0.05, 0) is 36.1 Å². The molecule has 0 saturated carbocycles. The lowest BCUT2D eigenvalue weighted by Crippen LogP contribution is -2.43. The molecular formula is C19H24N4O2. The van der Waals surface area contributed by atoms with Gasteiger partial charge >= 0.3 is 6.03 Å². The quantitative estimate of drug-likeness (QED) is 0.777. The van der Waals surface area contributed by atoms with Crippen molar-refractivity contribution in [3.05, 3.63) is 59.3 Å². The first-order valence-electron chi connectivity index (χ1n) is 8.55. The molecule has 0 radical (unpaired) electrons. The van der Waals surface area contributed by atoms with Gasteiger partial charge in [0.1, 0.15) is 5.82 Å². The molecule has 2 aromatic rings. The number of nitrogens with zero attached hydrogens (tertiary/aromatic N) is 2. The molecule has 2 amide bonds. The third-order valence-corrected chi connectivity index (χ3v) is 4.42. The summed E-state index contributed by atoms with van der Waals surface area (Å²) < 4.78 is 0. The molecular weight excluding hydrogens is 316 g/mol. The van der Waals surface area contributed by atoms with E-state index in [1.165, 1.54) is 11.1 Å². The van der Waals surface area contributed by atoms with Gasteiger partial charge in [-0.3, -0.25) is 10.2 Å². The second-order valence-corrected chi connectivity index (χ2v) is 6.41. The van der Waals surface area contributed by atoms with Crippen molar-refractivity contribution in [2.45, 2.75) is 26.0 Å². The molecule has 1 aromatic heterocycles. The van der Waals surface area contributed by atoms with E-state index in [2.05, 4.69) is 38.7 Å². The highest BCUT2D eigenvalue weighted by atomic mass is 16.3. The topological polar surface area (TPSA) is 77.5 Å². The van der Waals surface area contributed by atoms with Gasteiger partial charge in [0.15, 0.2) is 0 Å². The Balaban J connectivity index is 1.43. The van der Waals surface area contributed by atoms with Gasteiger partial charge in [0.05, 0.1) is 6.10 Å². The number of pyridine rings is 1. The second-order valence-electron chi connectivity index (χ2n) is 6.41. The maximum atomic E-state index is 11.9. The van der Waals surface area contributed by atoms with E-state index in [1.807, 2.05) is 25.1 Å². The van der Waals surface area contributed by atoms with Crippen molar-refractivity contribution in [3.8, 4) is 0 Å². The average Bonchev–Trinajstić information content (AvgIpc) is 2.62. The summed E-state index contributed by atoms with van der Waals surface area (Å²) in [5.74, 6) is 0.530. The Morgan fingerprint density at radius 3 is 2.88 bits per heavy atom. The normalized spacial score (nSPS) is 15.3. The van der Waals surface area contributed by atoms with Gasteiger partial charge < -0.3 is 10.4 Å². The molecule has 1 aliphatic rings. The summed E-state index contributed by atoms with van der Waals surface area (Å²) >= 11 is 0. The van der Waals surface area contributed by atoms with Crippen LogP contribution in [0.3, 0.4) is 0 Å². The monoisotopic (exact) mass is 340 g/mol. The molecule has 0 bridgehead atoms. The van der Waals surface area contributed by atoms with Crippen LogP contribution in [0.1, 0.15) is 16.7 Å². The number of carbonyl (C=O) groups is 1. The molecule has 0 unspecified atom stereocenters. The molecule has 132 valence electrons. The number of hydrogen-bond acceptors (Lipinski definition) is 4. The Bertz CT molecular complexity index is 735. The summed E-state index contributed by atoms with van der Waals surface area (Å²) in [6.07, 6.45) is 2.02. The molecule has 0 aliphatic carbocycles. The van der Waals surface area contributed by atoms with Gasteiger partial charge in [0.2, 0.25) is 0 Å². The van der Waals surface area contributed by atoms with Gasteiger partial charge in [-0.1, -0.05) is 30.3 Å². The minimum Gasteiger partial charge on any atom is -0.390 e. The fourth-order valence-electron chi connectivity index (χ4n) is 3.05. The number of aliphatic hydroxyl groups excluding tert-OH is 1. The molecule has 0 fully saturated rings. The van der Waals surface area contributed by atoms with E-state index in [4.69, 9.17) is 0 Å². The predicted octanol–water partition coefficient (Wildman–Crippen LogP) is 1.93. The van der Waals surface area contributed by atoms with Crippen molar-refractivity contribution >= 4 is 11.8 Å². The highest BCUT2D eigenvalue weighted by Crippen LogP contribution is 2.18. The zero-order valence-corrected chi connectivity index (χ0v) is 14.4. The first-order chi connectivity index (χ1) is 12.1. The lowest BCUT2D eigenvalue weighted by atomic mass is 10.00. The largest absolute Gasteiger partial charge is 0.390 e. The number of carbonyl (C=O) groups excluding carboxylic acids is 1. The standard InChI is InChI=1S/C19H24N4O2/c1-14-5-4-9-20-18(14)22-19(25)21-11-17(24)13-23-10-8-15-6-2-3-7-16(15)12-23/h2-7,9,17,24H,8,10-13H2,1H3,(H2,20,21,22,25)/t17-/m0/s1. The van der Waals surface area contributed by atoms with Crippen LogP contribution < -0.4 is 10.6 Å². The highest BCUT2D eigenvalue weighted by Gasteiger charge is 2.18. The SMILES string of the molecule is Cc1cccnc1NC(=O)NC[C@H](O)CN1CCc2ccccc2C1. The maximum absolute atomic E-state index is 11.9. The average molecular weight is 340 g/mol. The summed E-state index contributed by atoms with van der Waals surface area (Å²) in [7, 11) is 0. The number of aryl methyl sites for hydroxylation is 1. The van der Waals surface area contributed by atoms with Gasteiger partial charge in [-0.2, -0.15) is 0 Å². The van der Waals surface area contributed by atoms with E-state index in [9.17, 15) is 9.90 Å². The zero-order chi connectivity index (χ0) is 17.6. The van der Waals surface area contributed by atoms with Crippen molar-refractivity contribution in [2.24, 2.45) is 0 Å². The predicted molar refractivity (Wildman–Crippen MR) is 97.4 cm³/mol. The van der Waals surface area contributed by atoms with Crippen molar-refractivity contribution in [1.82, 2.24) is 15.2 Å². The molecule has 6 nitrogen and oxygen atoms in total. The van der Waals surface area contributed by atoms with E-state index >= 15 is 0 Å². The number of hydrogen-bond donors (Lipinski definition) is 3. The van der Waals surface area contributed by atoms with Crippen LogP contribution in [-0.4, -0.2) is 46.8 Å². The van der Waals surface area contributed by atoms with Gasteiger partial charge in [0.25, 0.3) is 0 Å². The first-order valence-corrected chi connectivity index (χ1v) is 8.55. The molecule has 3 N–H and O–H groups in total. The van der Waals surface area contributed by atoms with Crippen LogP contribution in [0.4, 0.5) is 10.6 Å². The van der Waals surface area contributed by atoms with Gasteiger partial charge in [-0.15, -0.1) is 0 Å². The summed E-state index contributed by atoms with van der Waals surface area (Å²) in [5, 5.41) is 15.6. The number of benzene rings is 1. The summed E-state index contributed by atoms with van der Waals surface area (Å²) in [6.45, 7) is 4.39. The number of anilines is 1. The van der Waals surface area contributed by atoms with Crippen molar-refractivity contribution in [2.75, 3.05) is 25.0 Å². The molecule has 0 saturated heterocycles. The molecule has 1 atom stereocenters. The van der Waals surface area contributed by atoms with Crippen LogP contribution in [0.2, 0.25) is 0 Å². The number of nitrogens with one attached hydrogen (secondary N) is 2. The van der Waals surface area contributed by atoms with E-state index in [-0.39, 0.29) is 12.6 Å². The molecule has 0 spiro atoms. The minimum absolute atomic E-state index is 0.204. The molecule has 1 aliphatic heterocycles. The van der Waals surface area contributed by atoms with Crippen LogP contribution in [0.25, 0.3) is 0 Å². The zero-order valence-electron chi connectivity index (χ0n) is 14.4. The molecule has 6 heteroatoms. The Hall–Kier alpha value is -2.44. The first kappa shape index (κ1) is 17.4. The number of aliphatic hydroxyl groups is 1. The Labute approximate surface area is 147 Å². The highest BCUT2D eigenvalue weighted by molar-refractivity contribution is 5.88. The smallest absolute Gasteiger partial charge is 0.320 e. The summed E-state index contributed by atoms with van der Waals surface area (Å²) in [5.41, 5.74) is 3.60. The molecule has 25 heavy (non-hydrogen) atoms. The van der Waals surface area contributed by atoms with E-state index in [1.54, 1.807) is 6.20 Å². The van der Waals surface area contributed by atoms with Crippen molar-refractivity contribution in [3.63, 3.8) is 0 Å². The lowest BCUT2D eigenvalue weighted by Gasteiger charge is -2.30. The Morgan fingerprint density at radius 2 is 2.08 bits per heavy atom. The lowest BCUT2D eigenvalue weighted by molar-refractivity contribution is 0.106. The summed E-state index contributed by atoms with van der Waals surface area (Å²) in [6, 6.07) is 11.7. The van der Waals surface area contributed by atoms with Crippen LogP contribution >= 0.6 is 0 Å². The summed E-state index contributed by atoms with van der Waals surface area (Å²) in [4.78, 5) is 18.3. The minimum atomic E-state index is -0.610. The van der Waals surface area contributed by atoms with Crippen molar-refractivity contribution in [1.29, 1.82) is 0 Å². The van der Waals surface area contributed by atoms with E-state index < -0.39 is 6.10 Å². The number of rotatable bonds is 5. The number of amides is 2.